The van der Waals surface area contributed by atoms with E-state index < -0.39 is 0 Å². The van der Waals surface area contributed by atoms with Gasteiger partial charge in [-0.05, 0) is 37.1 Å². The molecule has 2 rings (SSSR count). The number of likely N-dealkylation sites (tertiary alicyclic amines) is 1. The molecule has 4 heteroatoms. The van der Waals surface area contributed by atoms with Gasteiger partial charge in [-0.15, -0.1) is 0 Å². The normalized spacial score (nSPS) is 23.3. The molecule has 1 heterocycles. The smallest absolute Gasteiger partial charge is 0.123 e. The molecule has 1 N–H and O–H groups in total. The molecule has 1 aromatic rings. The van der Waals surface area contributed by atoms with Crippen molar-refractivity contribution in [3.05, 3.63) is 29.3 Å². The summed E-state index contributed by atoms with van der Waals surface area (Å²) >= 11 is 0. The van der Waals surface area contributed by atoms with Gasteiger partial charge >= 0.3 is 0 Å². The van der Waals surface area contributed by atoms with E-state index in [-0.39, 0.29) is 12.6 Å². The van der Waals surface area contributed by atoms with E-state index in [0.29, 0.717) is 18.0 Å². The molecule has 1 fully saturated rings. The number of hydrogen-bond donors (Lipinski definition) is 1. The molecule has 0 radical (unpaired) electrons. The van der Waals surface area contributed by atoms with E-state index in [1.807, 2.05) is 12.1 Å². The molecule has 0 spiro atoms. The molecule has 1 aromatic carbocycles. The molecular formula is C15H20N2O2. The van der Waals surface area contributed by atoms with Crippen molar-refractivity contribution in [1.82, 2.24) is 4.90 Å². The van der Waals surface area contributed by atoms with Gasteiger partial charge in [0.2, 0.25) is 0 Å². The number of benzene rings is 1. The molecular weight excluding hydrogens is 240 g/mol. The van der Waals surface area contributed by atoms with Gasteiger partial charge in [0.1, 0.15) is 5.75 Å². The minimum atomic E-state index is 0.182. The maximum atomic E-state index is 9.49. The Kier molecular flexibility index (Phi) is 4.41. The molecule has 2 atom stereocenters. The van der Waals surface area contributed by atoms with Crippen LogP contribution in [-0.4, -0.2) is 36.3 Å². The molecule has 4 nitrogen and oxygen atoms in total. The summed E-state index contributed by atoms with van der Waals surface area (Å²) in [6, 6.07) is 7.83. The minimum Gasteiger partial charge on any atom is -0.496 e. The highest BCUT2D eigenvalue weighted by Crippen LogP contribution is 2.28. The topological polar surface area (TPSA) is 56.5 Å². The van der Waals surface area contributed by atoms with Crippen LogP contribution in [0.3, 0.4) is 0 Å². The van der Waals surface area contributed by atoms with Crippen molar-refractivity contribution in [2.45, 2.75) is 25.9 Å². The van der Waals surface area contributed by atoms with Crippen molar-refractivity contribution in [3.8, 4) is 11.8 Å². The number of aliphatic hydroxyl groups is 1. The number of ether oxygens (including phenoxy) is 1. The van der Waals surface area contributed by atoms with Gasteiger partial charge in [-0.2, -0.15) is 5.26 Å². The van der Waals surface area contributed by atoms with Gasteiger partial charge in [-0.3, -0.25) is 4.90 Å². The summed E-state index contributed by atoms with van der Waals surface area (Å²) in [6.07, 6.45) is 1.10. The van der Waals surface area contributed by atoms with Gasteiger partial charge in [-0.1, -0.05) is 6.92 Å². The summed E-state index contributed by atoms with van der Waals surface area (Å²) in [7, 11) is 1.64. The fraction of sp³-hybridized carbons (Fsp3) is 0.533. The Morgan fingerprint density at radius 2 is 2.32 bits per heavy atom. The number of hydrogen-bond acceptors (Lipinski definition) is 4. The first-order valence-corrected chi connectivity index (χ1v) is 6.61. The molecule has 102 valence electrons. The summed E-state index contributed by atoms with van der Waals surface area (Å²) in [5.74, 6) is 1.31. The maximum Gasteiger partial charge on any atom is 0.123 e. The van der Waals surface area contributed by atoms with Gasteiger partial charge < -0.3 is 9.84 Å². The molecule has 2 unspecified atom stereocenters. The third-order valence-corrected chi connectivity index (χ3v) is 3.97. The van der Waals surface area contributed by atoms with E-state index in [2.05, 4.69) is 17.9 Å². The van der Waals surface area contributed by atoms with Crippen molar-refractivity contribution in [2.75, 3.05) is 20.3 Å². The largest absolute Gasteiger partial charge is 0.496 e. The van der Waals surface area contributed by atoms with Crippen LogP contribution in [0.4, 0.5) is 0 Å². The molecule has 0 bridgehead atoms. The standard InChI is InChI=1S/C15H20N2O2/c1-11-5-6-17(14(11)10-18)9-13-7-12(8-16)3-4-15(13)19-2/h3-4,7,11,14,18H,5-6,9-10H2,1-2H3. The maximum absolute atomic E-state index is 9.49. The van der Waals surface area contributed by atoms with Crippen molar-refractivity contribution in [3.63, 3.8) is 0 Å². The molecule has 1 aliphatic rings. The number of nitriles is 1. The zero-order valence-electron chi connectivity index (χ0n) is 11.5. The highest BCUT2D eigenvalue weighted by Gasteiger charge is 2.30. The van der Waals surface area contributed by atoms with Crippen molar-refractivity contribution in [2.24, 2.45) is 5.92 Å². The zero-order valence-corrected chi connectivity index (χ0v) is 11.5. The second-order valence-electron chi connectivity index (χ2n) is 5.12. The monoisotopic (exact) mass is 260 g/mol. The lowest BCUT2D eigenvalue weighted by Crippen LogP contribution is -2.34. The third-order valence-electron chi connectivity index (χ3n) is 3.97. The first-order chi connectivity index (χ1) is 9.19. The molecule has 0 amide bonds. The van der Waals surface area contributed by atoms with Gasteiger partial charge in [0.25, 0.3) is 0 Å². The molecule has 0 saturated carbocycles. The average Bonchev–Trinajstić information content (AvgIpc) is 2.79. The fourth-order valence-electron chi connectivity index (χ4n) is 2.77. The van der Waals surface area contributed by atoms with Crippen LogP contribution in [0.5, 0.6) is 5.75 Å². The number of methoxy groups -OCH3 is 1. The quantitative estimate of drug-likeness (QED) is 0.896. The zero-order chi connectivity index (χ0) is 13.8. The predicted octanol–water partition coefficient (Wildman–Crippen LogP) is 1.77. The fourth-order valence-corrected chi connectivity index (χ4v) is 2.77. The van der Waals surface area contributed by atoms with Gasteiger partial charge in [0.15, 0.2) is 0 Å². The lowest BCUT2D eigenvalue weighted by molar-refractivity contribution is 0.133. The first kappa shape index (κ1) is 13.9. The second-order valence-corrected chi connectivity index (χ2v) is 5.12. The van der Waals surface area contributed by atoms with E-state index in [0.717, 1.165) is 24.3 Å². The van der Waals surface area contributed by atoms with Crippen LogP contribution >= 0.6 is 0 Å². The second kappa shape index (κ2) is 6.05. The van der Waals surface area contributed by atoms with E-state index in [1.165, 1.54) is 0 Å². The van der Waals surface area contributed by atoms with Crippen molar-refractivity contribution < 1.29 is 9.84 Å². The molecule has 1 saturated heterocycles. The SMILES string of the molecule is COc1ccc(C#N)cc1CN1CCC(C)C1CO. The van der Waals surface area contributed by atoms with Crippen LogP contribution in [-0.2, 0) is 6.54 Å². The van der Waals surface area contributed by atoms with E-state index in [4.69, 9.17) is 10.00 Å². The Bertz CT molecular complexity index is 482. The summed E-state index contributed by atoms with van der Waals surface area (Å²) in [5, 5.41) is 18.5. The number of rotatable bonds is 4. The van der Waals surface area contributed by atoms with Crippen LogP contribution in [0, 0.1) is 17.2 Å². The van der Waals surface area contributed by atoms with E-state index in [1.54, 1.807) is 13.2 Å². The van der Waals surface area contributed by atoms with E-state index >= 15 is 0 Å². The Balaban J connectivity index is 2.20. The first-order valence-electron chi connectivity index (χ1n) is 6.61. The third kappa shape index (κ3) is 2.89. The Labute approximate surface area is 114 Å². The molecule has 0 aromatic heterocycles. The summed E-state index contributed by atoms with van der Waals surface area (Å²) < 4.78 is 5.35. The molecule has 1 aliphatic heterocycles. The molecule has 0 aliphatic carbocycles. The van der Waals surface area contributed by atoms with Crippen molar-refractivity contribution in [1.29, 1.82) is 5.26 Å². The summed E-state index contributed by atoms with van der Waals surface area (Å²) in [4.78, 5) is 2.27. The Morgan fingerprint density at radius 3 is 2.95 bits per heavy atom. The summed E-state index contributed by atoms with van der Waals surface area (Å²) in [6.45, 7) is 4.05. The number of aliphatic hydroxyl groups excluding tert-OH is 1. The Morgan fingerprint density at radius 1 is 1.53 bits per heavy atom. The molecule has 19 heavy (non-hydrogen) atoms. The number of nitrogens with zero attached hydrogens (tertiary/aromatic N) is 2. The van der Waals surface area contributed by atoms with Crippen LogP contribution in [0.25, 0.3) is 0 Å². The van der Waals surface area contributed by atoms with Gasteiger partial charge in [-0.25, -0.2) is 0 Å². The lowest BCUT2D eigenvalue weighted by Gasteiger charge is -2.25. The highest BCUT2D eigenvalue weighted by atomic mass is 16.5. The summed E-state index contributed by atoms with van der Waals surface area (Å²) in [5.41, 5.74) is 1.65. The lowest BCUT2D eigenvalue weighted by atomic mass is 10.0. The highest BCUT2D eigenvalue weighted by molar-refractivity contribution is 5.42. The van der Waals surface area contributed by atoms with Crippen LogP contribution < -0.4 is 4.74 Å². The van der Waals surface area contributed by atoms with Gasteiger partial charge in [0.05, 0.1) is 25.3 Å². The van der Waals surface area contributed by atoms with Crippen LogP contribution in [0.2, 0.25) is 0 Å². The average molecular weight is 260 g/mol. The van der Waals surface area contributed by atoms with Gasteiger partial charge in [0, 0.05) is 18.2 Å². The Hall–Kier alpha value is -1.57. The predicted molar refractivity (Wildman–Crippen MR) is 72.8 cm³/mol. The minimum absolute atomic E-state index is 0.182. The van der Waals surface area contributed by atoms with E-state index in [9.17, 15) is 5.11 Å². The van der Waals surface area contributed by atoms with Crippen LogP contribution in [0.15, 0.2) is 18.2 Å². The van der Waals surface area contributed by atoms with Crippen molar-refractivity contribution >= 4 is 0 Å². The van der Waals surface area contributed by atoms with Crippen LogP contribution in [0.1, 0.15) is 24.5 Å².